The van der Waals surface area contributed by atoms with E-state index in [9.17, 15) is 14.7 Å². The third-order valence-corrected chi connectivity index (χ3v) is 7.45. The fourth-order valence-corrected chi connectivity index (χ4v) is 4.88. The number of carbonyl (C=O) groups excluding carboxylic acids is 2. The molecule has 0 fully saturated rings. The minimum Gasteiger partial charge on any atom is -0.457 e. The van der Waals surface area contributed by atoms with Crippen molar-refractivity contribution in [2.24, 2.45) is 24.3 Å². The number of aryl methyl sites for hydroxylation is 2. The van der Waals surface area contributed by atoms with E-state index in [4.69, 9.17) is 4.74 Å². The number of aromatic nitrogens is 2. The number of allylic oxidation sites excluding steroid dienone is 1. The number of benzene rings is 1. The lowest BCUT2D eigenvalue weighted by atomic mass is 9.74. The van der Waals surface area contributed by atoms with Crippen molar-refractivity contribution in [3.8, 4) is 0 Å². The molecule has 1 aromatic heterocycles. The Morgan fingerprint density at radius 2 is 1.91 bits per heavy atom. The van der Waals surface area contributed by atoms with Gasteiger partial charge in [-0.05, 0) is 56.2 Å². The first-order valence-electron chi connectivity index (χ1n) is 12.5. The molecule has 0 unspecified atom stereocenters. The summed E-state index contributed by atoms with van der Waals surface area (Å²) in [6.45, 7) is 9.50. The third kappa shape index (κ3) is 5.96. The van der Waals surface area contributed by atoms with Gasteiger partial charge in [0.15, 0.2) is 0 Å². The van der Waals surface area contributed by atoms with Crippen molar-refractivity contribution in [1.82, 2.24) is 9.55 Å². The molecule has 0 spiro atoms. The number of Topliss-reactive ketones (excluding diaryl/α,β-unsaturated/α-hetero) is 1. The van der Waals surface area contributed by atoms with Gasteiger partial charge in [0.2, 0.25) is 0 Å². The largest absolute Gasteiger partial charge is 0.457 e. The summed E-state index contributed by atoms with van der Waals surface area (Å²) in [5.41, 5.74) is 2.14. The number of aliphatic hydroxyl groups is 1. The Labute approximate surface area is 203 Å². The monoisotopic (exact) mass is 468 g/mol. The van der Waals surface area contributed by atoms with Crippen LogP contribution in [0.3, 0.4) is 0 Å². The second-order valence-corrected chi connectivity index (χ2v) is 10.6. The molecule has 0 bridgehead atoms. The predicted molar refractivity (Wildman–Crippen MR) is 134 cm³/mol. The molecule has 1 aromatic carbocycles. The first kappa shape index (κ1) is 26.1. The molecule has 1 aliphatic rings. The second-order valence-electron chi connectivity index (χ2n) is 10.6. The standard InChI is InChI=1S/C28H40N2O4/c1-18-11-9-7-8-10-12-24(21-13-14-23-22(17-21)29-20(3)30(23)6)34-25(31)15-16-28(4,5)27(33)19(2)26(18)32/h8,10,13-14,17-19,24,26,32H,7,9,11-12,15-16H2,1-6H3/b10-8-/t18-,19+,24-,26-/m0/s1. The fourth-order valence-electron chi connectivity index (χ4n) is 4.88. The van der Waals surface area contributed by atoms with Crippen molar-refractivity contribution in [3.63, 3.8) is 0 Å². The van der Waals surface area contributed by atoms with Crippen LogP contribution in [0.15, 0.2) is 30.4 Å². The molecule has 2 aromatic rings. The summed E-state index contributed by atoms with van der Waals surface area (Å²) in [7, 11) is 1.99. The Morgan fingerprint density at radius 3 is 2.65 bits per heavy atom. The fraction of sp³-hybridized carbons (Fsp3) is 0.607. The minimum absolute atomic E-state index is 0.000775. The molecule has 6 nitrogen and oxygen atoms in total. The van der Waals surface area contributed by atoms with Crippen molar-refractivity contribution in [2.75, 3.05) is 0 Å². The molecule has 6 heteroatoms. The maximum atomic E-state index is 13.1. The van der Waals surface area contributed by atoms with E-state index < -0.39 is 23.5 Å². The van der Waals surface area contributed by atoms with Gasteiger partial charge < -0.3 is 14.4 Å². The molecule has 0 saturated carbocycles. The van der Waals surface area contributed by atoms with Gasteiger partial charge in [-0.1, -0.05) is 45.9 Å². The normalized spacial score (nSPS) is 28.6. The van der Waals surface area contributed by atoms with Gasteiger partial charge in [-0.15, -0.1) is 0 Å². The van der Waals surface area contributed by atoms with Gasteiger partial charge in [-0.2, -0.15) is 0 Å². The summed E-state index contributed by atoms with van der Waals surface area (Å²) in [5.74, 6) is 0.194. The molecule has 2 heterocycles. The van der Waals surface area contributed by atoms with Crippen molar-refractivity contribution in [3.05, 3.63) is 41.7 Å². The predicted octanol–water partition coefficient (Wildman–Crippen LogP) is 5.60. The lowest BCUT2D eigenvalue weighted by molar-refractivity contribution is -0.150. The lowest BCUT2D eigenvalue weighted by Crippen LogP contribution is -2.39. The smallest absolute Gasteiger partial charge is 0.306 e. The topological polar surface area (TPSA) is 81.4 Å². The van der Waals surface area contributed by atoms with Crippen LogP contribution in [0.5, 0.6) is 0 Å². The van der Waals surface area contributed by atoms with Crippen LogP contribution < -0.4 is 0 Å². The van der Waals surface area contributed by atoms with E-state index in [2.05, 4.69) is 17.1 Å². The summed E-state index contributed by atoms with van der Waals surface area (Å²) >= 11 is 0. The van der Waals surface area contributed by atoms with E-state index in [0.29, 0.717) is 12.8 Å². The van der Waals surface area contributed by atoms with E-state index in [-0.39, 0.29) is 24.1 Å². The molecular formula is C28H40N2O4. The van der Waals surface area contributed by atoms with Crippen LogP contribution >= 0.6 is 0 Å². The van der Waals surface area contributed by atoms with Gasteiger partial charge in [0.05, 0.1) is 17.1 Å². The van der Waals surface area contributed by atoms with Crippen molar-refractivity contribution < 1.29 is 19.4 Å². The van der Waals surface area contributed by atoms with Crippen LogP contribution in [0.4, 0.5) is 0 Å². The van der Waals surface area contributed by atoms with E-state index >= 15 is 0 Å². The Kier molecular flexibility index (Phi) is 8.34. The number of carbonyl (C=O) groups is 2. The zero-order chi connectivity index (χ0) is 25.0. The number of hydrogen-bond donors (Lipinski definition) is 1. The zero-order valence-corrected chi connectivity index (χ0v) is 21.5. The summed E-state index contributed by atoms with van der Waals surface area (Å²) in [6.07, 6.45) is 6.92. The summed E-state index contributed by atoms with van der Waals surface area (Å²) in [6, 6.07) is 6.04. The molecule has 1 N–H and O–H groups in total. The van der Waals surface area contributed by atoms with Crippen LogP contribution in [-0.4, -0.2) is 32.5 Å². The SMILES string of the molecule is Cc1nc2cc([C@@H]3C/C=C\CCC[C@H](C)[C@H](O)[C@@H](C)C(=O)C(C)(C)CCC(=O)O3)ccc2n1C. The zero-order valence-electron chi connectivity index (χ0n) is 21.5. The van der Waals surface area contributed by atoms with Gasteiger partial charge in [0.25, 0.3) is 0 Å². The van der Waals surface area contributed by atoms with Crippen LogP contribution in [0, 0.1) is 24.2 Å². The maximum absolute atomic E-state index is 13.1. The highest BCUT2D eigenvalue weighted by Gasteiger charge is 2.36. The number of ketones is 1. The third-order valence-electron chi connectivity index (χ3n) is 7.45. The number of rotatable bonds is 1. The van der Waals surface area contributed by atoms with Gasteiger partial charge in [-0.25, -0.2) is 4.98 Å². The number of ether oxygens (including phenoxy) is 1. The first-order chi connectivity index (χ1) is 16.0. The molecule has 4 atom stereocenters. The van der Waals surface area contributed by atoms with E-state index in [0.717, 1.165) is 41.7 Å². The van der Waals surface area contributed by atoms with E-state index in [1.807, 2.05) is 57.5 Å². The highest BCUT2D eigenvalue weighted by atomic mass is 16.5. The van der Waals surface area contributed by atoms with Crippen LogP contribution in [0.25, 0.3) is 11.0 Å². The quantitative estimate of drug-likeness (QED) is 0.435. The first-order valence-corrected chi connectivity index (χ1v) is 12.5. The number of hydrogen-bond acceptors (Lipinski definition) is 5. The van der Waals surface area contributed by atoms with Crippen molar-refractivity contribution in [2.45, 2.75) is 85.4 Å². The van der Waals surface area contributed by atoms with E-state index in [1.54, 1.807) is 6.92 Å². The van der Waals surface area contributed by atoms with Gasteiger partial charge in [-0.3, -0.25) is 9.59 Å². The van der Waals surface area contributed by atoms with Gasteiger partial charge in [0.1, 0.15) is 17.7 Å². The molecular weight excluding hydrogens is 428 g/mol. The maximum Gasteiger partial charge on any atom is 0.306 e. The summed E-state index contributed by atoms with van der Waals surface area (Å²) in [5, 5.41) is 10.7. The number of fused-ring (bicyclic) bond motifs is 1. The van der Waals surface area contributed by atoms with Crippen LogP contribution in [0.1, 0.15) is 83.7 Å². The average Bonchev–Trinajstić information content (AvgIpc) is 3.09. The number of nitrogens with zero attached hydrogens (tertiary/aromatic N) is 2. The van der Waals surface area contributed by atoms with Gasteiger partial charge >= 0.3 is 5.97 Å². The lowest BCUT2D eigenvalue weighted by Gasteiger charge is -2.31. The molecule has 0 amide bonds. The summed E-state index contributed by atoms with van der Waals surface area (Å²) < 4.78 is 7.98. The van der Waals surface area contributed by atoms with E-state index in [1.165, 1.54) is 0 Å². The number of esters is 1. The number of cyclic esters (lactones) is 1. The molecule has 3 rings (SSSR count). The molecule has 0 aliphatic carbocycles. The number of imidazole rings is 1. The Morgan fingerprint density at radius 1 is 1.18 bits per heavy atom. The van der Waals surface area contributed by atoms with Crippen LogP contribution in [-0.2, 0) is 21.4 Å². The highest BCUT2D eigenvalue weighted by molar-refractivity contribution is 5.87. The van der Waals surface area contributed by atoms with Gasteiger partial charge in [0, 0.05) is 31.2 Å². The van der Waals surface area contributed by atoms with Crippen molar-refractivity contribution in [1.29, 1.82) is 0 Å². The molecule has 1 aliphatic heterocycles. The summed E-state index contributed by atoms with van der Waals surface area (Å²) in [4.78, 5) is 30.6. The Bertz CT molecular complexity index is 1050. The Hall–Kier alpha value is -2.47. The second kappa shape index (κ2) is 10.9. The molecule has 0 saturated heterocycles. The molecule has 34 heavy (non-hydrogen) atoms. The average molecular weight is 469 g/mol. The van der Waals surface area contributed by atoms with Crippen LogP contribution in [0.2, 0.25) is 0 Å². The highest BCUT2D eigenvalue weighted by Crippen LogP contribution is 2.33. The molecule has 186 valence electrons. The Balaban J connectivity index is 1.84. The molecule has 0 radical (unpaired) electrons. The number of aliphatic hydroxyl groups excluding tert-OH is 1. The minimum atomic E-state index is -0.712. The van der Waals surface area contributed by atoms with Crippen molar-refractivity contribution >= 4 is 22.8 Å².